The highest BCUT2D eigenvalue weighted by Crippen LogP contribution is 2.35. The van der Waals surface area contributed by atoms with E-state index in [0.29, 0.717) is 29.5 Å². The van der Waals surface area contributed by atoms with Gasteiger partial charge in [0.25, 0.3) is 5.91 Å². The fraction of sp³-hybridized carbons (Fsp3) is 0.333. The average Bonchev–Trinajstić information content (AvgIpc) is 2.76. The molecule has 0 aromatic heterocycles. The maximum absolute atomic E-state index is 13.0. The van der Waals surface area contributed by atoms with E-state index in [1.807, 2.05) is 0 Å². The number of anilines is 2. The highest BCUT2D eigenvalue weighted by molar-refractivity contribution is 7.89. The number of rotatable bonds is 5. The van der Waals surface area contributed by atoms with Crippen LogP contribution in [0.5, 0.6) is 5.75 Å². The summed E-state index contributed by atoms with van der Waals surface area (Å²) in [5, 5.41) is 3.16. The molecule has 0 saturated carbocycles. The number of piperidine rings is 1. The van der Waals surface area contributed by atoms with Gasteiger partial charge in [-0.1, -0.05) is 24.1 Å². The molecule has 0 bridgehead atoms. The zero-order valence-electron chi connectivity index (χ0n) is 16.7. The summed E-state index contributed by atoms with van der Waals surface area (Å²) in [5.41, 5.74) is 0.760. The Balaban J connectivity index is 1.59. The molecule has 10 heteroatoms. The van der Waals surface area contributed by atoms with Crippen LogP contribution in [0.2, 0.25) is 5.02 Å². The standard InChI is InChI=1S/C21H22ClN3O5S/c22-15-5-4-6-16(11-15)23-20(26)13-25-18-12-17(7-8-19(18)30-14-21(25)27)31(28,29)24-9-2-1-3-10-24/h4-8,11-12H,1-3,9-10,13-14H2,(H,23,26). The second-order valence-electron chi connectivity index (χ2n) is 7.42. The molecule has 31 heavy (non-hydrogen) atoms. The number of benzene rings is 2. The summed E-state index contributed by atoms with van der Waals surface area (Å²) < 4.78 is 33.0. The van der Waals surface area contributed by atoms with Crippen LogP contribution in [0.3, 0.4) is 0 Å². The van der Waals surface area contributed by atoms with Gasteiger partial charge in [-0.2, -0.15) is 4.31 Å². The molecule has 2 aliphatic rings. The molecule has 2 aromatic rings. The Morgan fingerprint density at radius 1 is 1.10 bits per heavy atom. The third-order valence-corrected chi connectivity index (χ3v) is 7.37. The Labute approximate surface area is 185 Å². The monoisotopic (exact) mass is 463 g/mol. The van der Waals surface area contributed by atoms with Crippen molar-refractivity contribution in [3.8, 4) is 5.75 Å². The molecule has 1 saturated heterocycles. The first kappa shape index (κ1) is 21.6. The molecule has 2 aromatic carbocycles. The zero-order chi connectivity index (χ0) is 22.0. The lowest BCUT2D eigenvalue weighted by Crippen LogP contribution is -2.43. The van der Waals surface area contributed by atoms with E-state index in [4.69, 9.17) is 16.3 Å². The van der Waals surface area contributed by atoms with E-state index < -0.39 is 21.8 Å². The summed E-state index contributed by atoms with van der Waals surface area (Å²) in [4.78, 5) is 26.4. The number of carbonyl (C=O) groups is 2. The van der Waals surface area contributed by atoms with E-state index in [1.54, 1.807) is 24.3 Å². The predicted molar refractivity (Wildman–Crippen MR) is 117 cm³/mol. The van der Waals surface area contributed by atoms with Gasteiger partial charge in [0.15, 0.2) is 6.61 Å². The summed E-state index contributed by atoms with van der Waals surface area (Å²) in [7, 11) is -3.69. The van der Waals surface area contributed by atoms with Crippen LogP contribution < -0.4 is 15.0 Å². The third kappa shape index (κ3) is 4.68. The molecule has 0 aliphatic carbocycles. The summed E-state index contributed by atoms with van der Waals surface area (Å²) in [6.45, 7) is 0.436. The molecule has 2 amide bonds. The van der Waals surface area contributed by atoms with Crippen molar-refractivity contribution in [2.24, 2.45) is 0 Å². The quantitative estimate of drug-likeness (QED) is 0.735. The van der Waals surface area contributed by atoms with Crippen molar-refractivity contribution in [2.45, 2.75) is 24.2 Å². The fourth-order valence-corrected chi connectivity index (χ4v) is 5.41. The van der Waals surface area contributed by atoms with E-state index in [9.17, 15) is 18.0 Å². The smallest absolute Gasteiger partial charge is 0.265 e. The van der Waals surface area contributed by atoms with Crippen LogP contribution >= 0.6 is 11.6 Å². The van der Waals surface area contributed by atoms with Gasteiger partial charge < -0.3 is 10.1 Å². The minimum Gasteiger partial charge on any atom is -0.482 e. The number of halogens is 1. The number of amides is 2. The first-order valence-corrected chi connectivity index (χ1v) is 11.8. The van der Waals surface area contributed by atoms with Crippen molar-refractivity contribution in [3.63, 3.8) is 0 Å². The van der Waals surface area contributed by atoms with Crippen LogP contribution in [0.1, 0.15) is 19.3 Å². The first-order chi connectivity index (χ1) is 14.8. The minimum atomic E-state index is -3.69. The summed E-state index contributed by atoms with van der Waals surface area (Å²) in [6, 6.07) is 11.1. The van der Waals surface area contributed by atoms with Crippen molar-refractivity contribution in [3.05, 3.63) is 47.5 Å². The Kier molecular flexibility index (Phi) is 6.17. The van der Waals surface area contributed by atoms with Gasteiger partial charge in [-0.05, 0) is 49.2 Å². The van der Waals surface area contributed by atoms with Gasteiger partial charge >= 0.3 is 0 Å². The number of sulfonamides is 1. The van der Waals surface area contributed by atoms with Gasteiger partial charge in [0, 0.05) is 23.8 Å². The molecule has 0 atom stereocenters. The number of carbonyl (C=O) groups excluding carboxylic acids is 2. The highest BCUT2D eigenvalue weighted by atomic mass is 35.5. The van der Waals surface area contributed by atoms with Gasteiger partial charge in [-0.15, -0.1) is 0 Å². The lowest BCUT2D eigenvalue weighted by atomic mass is 10.2. The molecule has 2 heterocycles. The Morgan fingerprint density at radius 3 is 2.61 bits per heavy atom. The molecule has 8 nitrogen and oxygen atoms in total. The van der Waals surface area contributed by atoms with Crippen LogP contribution in [0.15, 0.2) is 47.4 Å². The van der Waals surface area contributed by atoms with E-state index in [0.717, 1.165) is 19.3 Å². The van der Waals surface area contributed by atoms with Crippen molar-refractivity contribution in [1.29, 1.82) is 0 Å². The molecule has 164 valence electrons. The molecule has 1 N–H and O–H groups in total. The number of ether oxygens (including phenoxy) is 1. The minimum absolute atomic E-state index is 0.0756. The maximum atomic E-state index is 13.0. The fourth-order valence-electron chi connectivity index (χ4n) is 3.68. The van der Waals surface area contributed by atoms with Crippen molar-refractivity contribution >= 4 is 44.8 Å². The number of nitrogens with one attached hydrogen (secondary N) is 1. The van der Waals surface area contributed by atoms with Crippen molar-refractivity contribution in [2.75, 3.05) is 36.5 Å². The lowest BCUT2D eigenvalue weighted by Gasteiger charge is -2.30. The third-order valence-electron chi connectivity index (χ3n) is 5.24. The van der Waals surface area contributed by atoms with Gasteiger partial charge in [0.1, 0.15) is 12.3 Å². The van der Waals surface area contributed by atoms with Crippen LogP contribution in [-0.4, -0.2) is 50.8 Å². The summed E-state index contributed by atoms with van der Waals surface area (Å²) in [5.74, 6) is -0.512. The van der Waals surface area contributed by atoms with E-state index >= 15 is 0 Å². The van der Waals surface area contributed by atoms with Crippen molar-refractivity contribution < 1.29 is 22.7 Å². The largest absolute Gasteiger partial charge is 0.482 e. The molecular formula is C21H22ClN3O5S. The Morgan fingerprint density at radius 2 is 1.87 bits per heavy atom. The maximum Gasteiger partial charge on any atom is 0.265 e. The molecule has 1 fully saturated rings. The molecular weight excluding hydrogens is 442 g/mol. The van der Waals surface area contributed by atoms with Gasteiger partial charge in [0.05, 0.1) is 10.6 Å². The highest BCUT2D eigenvalue weighted by Gasteiger charge is 2.31. The van der Waals surface area contributed by atoms with Crippen LogP contribution in [-0.2, 0) is 19.6 Å². The number of hydrogen-bond donors (Lipinski definition) is 1. The topological polar surface area (TPSA) is 96.0 Å². The van der Waals surface area contributed by atoms with Gasteiger partial charge in [0.2, 0.25) is 15.9 Å². The summed E-state index contributed by atoms with van der Waals surface area (Å²) >= 11 is 5.94. The second-order valence-corrected chi connectivity index (χ2v) is 9.80. The second kappa shape index (κ2) is 8.86. The van der Waals surface area contributed by atoms with E-state index in [-0.39, 0.29) is 23.7 Å². The molecule has 0 unspecified atom stereocenters. The average molecular weight is 464 g/mol. The van der Waals surface area contributed by atoms with Crippen LogP contribution in [0.25, 0.3) is 0 Å². The zero-order valence-corrected chi connectivity index (χ0v) is 18.3. The van der Waals surface area contributed by atoms with Crippen LogP contribution in [0.4, 0.5) is 11.4 Å². The molecule has 0 spiro atoms. The number of nitrogens with zero attached hydrogens (tertiary/aromatic N) is 2. The van der Waals surface area contributed by atoms with Gasteiger partial charge in [-0.3, -0.25) is 14.5 Å². The predicted octanol–water partition coefficient (Wildman–Crippen LogP) is 2.88. The van der Waals surface area contributed by atoms with Crippen LogP contribution in [0, 0.1) is 0 Å². The first-order valence-electron chi connectivity index (χ1n) is 9.97. The Bertz CT molecular complexity index is 1120. The normalized spacial score (nSPS) is 17.1. The van der Waals surface area contributed by atoms with Gasteiger partial charge in [-0.25, -0.2) is 8.42 Å². The van der Waals surface area contributed by atoms with E-state index in [2.05, 4.69) is 5.32 Å². The number of hydrogen-bond acceptors (Lipinski definition) is 5. The molecule has 4 rings (SSSR count). The summed E-state index contributed by atoms with van der Waals surface area (Å²) in [6.07, 6.45) is 2.65. The lowest BCUT2D eigenvalue weighted by molar-refractivity contribution is -0.123. The van der Waals surface area contributed by atoms with E-state index in [1.165, 1.54) is 27.4 Å². The molecule has 2 aliphatic heterocycles. The number of fused-ring (bicyclic) bond motifs is 1. The molecule has 0 radical (unpaired) electrons. The Hall–Kier alpha value is -2.62. The van der Waals surface area contributed by atoms with Crippen molar-refractivity contribution in [1.82, 2.24) is 4.31 Å². The SMILES string of the molecule is O=C(CN1C(=O)COc2ccc(S(=O)(=O)N3CCCCC3)cc21)Nc1cccc(Cl)c1.